The molecule has 1 unspecified atom stereocenters. The van der Waals surface area contributed by atoms with E-state index in [4.69, 9.17) is 5.26 Å². The largest absolute Gasteiger partial charge is 0.417 e. The van der Waals surface area contributed by atoms with Gasteiger partial charge < -0.3 is 10.4 Å². The molecule has 0 aliphatic rings. The molecule has 0 aliphatic carbocycles. The molecule has 1 rings (SSSR count). The molecule has 0 radical (unpaired) electrons. The summed E-state index contributed by atoms with van der Waals surface area (Å²) in [6, 6.07) is 4.30. The van der Waals surface area contributed by atoms with Crippen LogP contribution >= 0.6 is 0 Å². The molecule has 4 nitrogen and oxygen atoms in total. The summed E-state index contributed by atoms with van der Waals surface area (Å²) >= 11 is 0. The van der Waals surface area contributed by atoms with E-state index in [1.165, 1.54) is 19.1 Å². The molecule has 0 saturated carbocycles. The summed E-state index contributed by atoms with van der Waals surface area (Å²) in [5.74, 6) is -0.790. The molecule has 0 aromatic heterocycles. The fourth-order valence-corrected chi connectivity index (χ4v) is 1.82. The Labute approximate surface area is 120 Å². The van der Waals surface area contributed by atoms with Gasteiger partial charge in [-0.05, 0) is 31.4 Å². The Balaban J connectivity index is 3.07. The number of hydrogen-bond acceptors (Lipinski definition) is 3. The summed E-state index contributed by atoms with van der Waals surface area (Å²) in [6.07, 6.45) is -4.51. The number of amides is 1. The standard InChI is InChI=1S/C13H14BF3N2O2/c1-12(21,7-14-2)11(20)19-9-4-3-8(6-18)10(5-9)13(15,16)17/h3-5,14,21H,7H2,1-2H3,(H,19,20). The minimum atomic E-state index is -4.70. The van der Waals surface area contributed by atoms with Crippen molar-refractivity contribution in [1.29, 1.82) is 5.26 Å². The highest BCUT2D eigenvalue weighted by atomic mass is 19.4. The number of alkyl halides is 3. The number of nitrogens with zero attached hydrogens (tertiary/aromatic N) is 1. The number of nitriles is 1. The lowest BCUT2D eigenvalue weighted by molar-refractivity contribution is -0.137. The third-order valence-corrected chi connectivity index (χ3v) is 2.93. The van der Waals surface area contributed by atoms with Crippen LogP contribution in [0.15, 0.2) is 18.2 Å². The maximum atomic E-state index is 12.8. The van der Waals surface area contributed by atoms with Crippen LogP contribution in [0.4, 0.5) is 18.9 Å². The van der Waals surface area contributed by atoms with Crippen molar-refractivity contribution in [2.75, 3.05) is 5.32 Å². The van der Waals surface area contributed by atoms with Crippen LogP contribution in [0.1, 0.15) is 18.1 Å². The van der Waals surface area contributed by atoms with Gasteiger partial charge in [0.15, 0.2) is 0 Å². The van der Waals surface area contributed by atoms with E-state index < -0.39 is 28.8 Å². The van der Waals surface area contributed by atoms with E-state index >= 15 is 0 Å². The molecule has 1 aromatic rings. The van der Waals surface area contributed by atoms with Crippen molar-refractivity contribution in [3.8, 4) is 6.07 Å². The number of anilines is 1. The number of halogens is 3. The number of benzene rings is 1. The molecular formula is C13H14BF3N2O2. The zero-order chi connectivity index (χ0) is 16.3. The van der Waals surface area contributed by atoms with E-state index in [1.54, 1.807) is 6.82 Å². The van der Waals surface area contributed by atoms with Crippen molar-refractivity contribution in [2.45, 2.75) is 31.8 Å². The Bertz CT molecular complexity index is 580. The summed E-state index contributed by atoms with van der Waals surface area (Å²) in [7, 11) is 0.543. The zero-order valence-corrected chi connectivity index (χ0v) is 11.6. The predicted molar refractivity (Wildman–Crippen MR) is 73.2 cm³/mol. The number of carbonyl (C=O) groups is 1. The van der Waals surface area contributed by atoms with Crippen LogP contribution in [-0.4, -0.2) is 23.9 Å². The smallest absolute Gasteiger partial charge is 0.381 e. The molecule has 21 heavy (non-hydrogen) atoms. The zero-order valence-electron chi connectivity index (χ0n) is 11.6. The van der Waals surface area contributed by atoms with E-state index in [0.29, 0.717) is 13.3 Å². The van der Waals surface area contributed by atoms with Gasteiger partial charge in [0.2, 0.25) is 0 Å². The second-order valence-electron chi connectivity index (χ2n) is 4.85. The molecule has 1 aromatic carbocycles. The van der Waals surface area contributed by atoms with Crippen LogP contribution in [0.2, 0.25) is 13.1 Å². The van der Waals surface area contributed by atoms with E-state index in [2.05, 4.69) is 5.32 Å². The molecule has 0 heterocycles. The number of hydrogen-bond donors (Lipinski definition) is 2. The first-order valence-corrected chi connectivity index (χ1v) is 6.27. The lowest BCUT2D eigenvalue weighted by atomic mass is 9.70. The maximum Gasteiger partial charge on any atom is 0.417 e. The summed E-state index contributed by atoms with van der Waals surface area (Å²) in [4.78, 5) is 11.8. The first-order valence-electron chi connectivity index (χ1n) is 6.27. The Morgan fingerprint density at radius 1 is 1.48 bits per heavy atom. The first-order chi connectivity index (χ1) is 9.61. The van der Waals surface area contributed by atoms with Gasteiger partial charge in [0.25, 0.3) is 5.91 Å². The Morgan fingerprint density at radius 2 is 2.10 bits per heavy atom. The monoisotopic (exact) mass is 298 g/mol. The fourth-order valence-electron chi connectivity index (χ4n) is 1.82. The SMILES string of the molecule is CBCC(C)(O)C(=O)Nc1ccc(C#N)c(C(F)(F)F)c1. The summed E-state index contributed by atoms with van der Waals surface area (Å²) in [5.41, 5.74) is -3.44. The van der Waals surface area contributed by atoms with Crippen LogP contribution < -0.4 is 5.32 Å². The van der Waals surface area contributed by atoms with Crippen LogP contribution in [0.3, 0.4) is 0 Å². The van der Waals surface area contributed by atoms with Crippen molar-refractivity contribution in [3.05, 3.63) is 29.3 Å². The van der Waals surface area contributed by atoms with Gasteiger partial charge in [-0.25, -0.2) is 0 Å². The molecule has 0 spiro atoms. The number of aliphatic hydroxyl groups is 1. The lowest BCUT2D eigenvalue weighted by Gasteiger charge is -2.21. The molecule has 8 heteroatoms. The highest BCUT2D eigenvalue weighted by molar-refractivity contribution is 6.35. The number of nitrogens with one attached hydrogen (secondary N) is 1. The maximum absolute atomic E-state index is 12.8. The fraction of sp³-hybridized carbons (Fsp3) is 0.385. The van der Waals surface area contributed by atoms with Gasteiger partial charge in [0, 0.05) is 5.69 Å². The van der Waals surface area contributed by atoms with Crippen LogP contribution in [-0.2, 0) is 11.0 Å². The quantitative estimate of drug-likeness (QED) is 0.837. The van der Waals surface area contributed by atoms with Crippen molar-refractivity contribution in [2.24, 2.45) is 0 Å². The predicted octanol–water partition coefficient (Wildman–Crippen LogP) is 2.17. The van der Waals surface area contributed by atoms with Crippen LogP contribution in [0.5, 0.6) is 0 Å². The third kappa shape index (κ3) is 4.23. The average molecular weight is 298 g/mol. The van der Waals surface area contributed by atoms with Crippen molar-refractivity contribution in [1.82, 2.24) is 0 Å². The topological polar surface area (TPSA) is 73.1 Å². The van der Waals surface area contributed by atoms with Gasteiger partial charge in [-0.1, -0.05) is 6.82 Å². The van der Waals surface area contributed by atoms with Crippen LogP contribution in [0.25, 0.3) is 0 Å². The summed E-state index contributed by atoms with van der Waals surface area (Å²) in [6.45, 7) is 3.06. The molecule has 0 fully saturated rings. The van der Waals surface area contributed by atoms with Gasteiger partial charge >= 0.3 is 6.18 Å². The van der Waals surface area contributed by atoms with Gasteiger partial charge in [-0.3, -0.25) is 4.79 Å². The van der Waals surface area contributed by atoms with E-state index in [-0.39, 0.29) is 12.0 Å². The molecule has 0 aliphatic heterocycles. The van der Waals surface area contributed by atoms with Crippen molar-refractivity contribution < 1.29 is 23.1 Å². The van der Waals surface area contributed by atoms with Gasteiger partial charge in [-0.2, -0.15) is 18.4 Å². The average Bonchev–Trinajstić information content (AvgIpc) is 2.37. The molecule has 112 valence electrons. The first kappa shape index (κ1) is 17.0. The highest BCUT2D eigenvalue weighted by Crippen LogP contribution is 2.33. The minimum absolute atomic E-state index is 0.122. The third-order valence-electron chi connectivity index (χ3n) is 2.93. The van der Waals surface area contributed by atoms with Crippen molar-refractivity contribution in [3.63, 3.8) is 0 Å². The highest BCUT2D eigenvalue weighted by Gasteiger charge is 2.34. The van der Waals surface area contributed by atoms with Gasteiger partial charge in [0.05, 0.1) is 17.2 Å². The number of carbonyl (C=O) groups excluding carboxylic acids is 1. The second-order valence-corrected chi connectivity index (χ2v) is 4.85. The lowest BCUT2D eigenvalue weighted by Crippen LogP contribution is -2.40. The molecule has 2 N–H and O–H groups in total. The van der Waals surface area contributed by atoms with E-state index in [0.717, 1.165) is 6.07 Å². The van der Waals surface area contributed by atoms with Crippen molar-refractivity contribution >= 4 is 18.9 Å². The molecule has 0 bridgehead atoms. The Kier molecular flexibility index (Phi) is 5.02. The Morgan fingerprint density at radius 3 is 2.57 bits per heavy atom. The molecule has 0 saturated heterocycles. The summed E-state index contributed by atoms with van der Waals surface area (Å²) < 4.78 is 38.4. The van der Waals surface area contributed by atoms with E-state index in [1.807, 2.05) is 0 Å². The molecule has 1 amide bonds. The Hall–Kier alpha value is -2.01. The van der Waals surface area contributed by atoms with Gasteiger partial charge in [0.1, 0.15) is 12.9 Å². The molecule has 1 atom stereocenters. The second kappa shape index (κ2) is 6.18. The molecular weight excluding hydrogens is 284 g/mol. The van der Waals surface area contributed by atoms with Gasteiger partial charge in [-0.15, -0.1) is 0 Å². The number of rotatable bonds is 4. The minimum Gasteiger partial charge on any atom is -0.381 e. The van der Waals surface area contributed by atoms with Crippen LogP contribution in [0, 0.1) is 11.3 Å². The van der Waals surface area contributed by atoms with E-state index in [9.17, 15) is 23.1 Å². The summed E-state index contributed by atoms with van der Waals surface area (Å²) in [5, 5.41) is 20.8. The normalized spacial score (nSPS) is 14.0.